The van der Waals surface area contributed by atoms with E-state index in [0.717, 1.165) is 0 Å². The van der Waals surface area contributed by atoms with Gasteiger partial charge in [0.05, 0.1) is 0 Å². The summed E-state index contributed by atoms with van der Waals surface area (Å²) in [6.45, 7) is 0. The number of fused-ring (bicyclic) bond motifs is 5. The zero-order chi connectivity index (χ0) is 9.27. The normalized spacial score (nSPS) is 56.3. The Labute approximate surface area is 83.3 Å². The molecule has 2 fully saturated rings. The van der Waals surface area contributed by atoms with Crippen molar-refractivity contribution < 1.29 is 19.0 Å². The number of carbonyl (C=O) groups is 1. The van der Waals surface area contributed by atoms with Crippen molar-refractivity contribution in [2.75, 3.05) is 0 Å². The molecule has 2 saturated heterocycles. The third-order valence-corrected chi connectivity index (χ3v) is 3.66. The molecule has 0 amide bonds. The van der Waals surface area contributed by atoms with Crippen molar-refractivity contribution in [2.24, 2.45) is 0 Å². The van der Waals surface area contributed by atoms with Gasteiger partial charge in [0.25, 0.3) is 10.1 Å². The molecule has 0 radical (unpaired) electrons. The number of alkyl halides is 2. The molecule has 70 valence electrons. The van der Waals surface area contributed by atoms with Crippen molar-refractivity contribution in [3.8, 4) is 0 Å². The van der Waals surface area contributed by atoms with Crippen LogP contribution in [0, 0.1) is 0 Å². The highest BCUT2D eigenvalue weighted by molar-refractivity contribution is 6.36. The Hall–Kier alpha value is -0.450. The molecule has 0 aromatic rings. The van der Waals surface area contributed by atoms with Crippen molar-refractivity contribution >= 4 is 29.4 Å². The molecule has 3 aliphatic heterocycles. The summed E-state index contributed by atoms with van der Waals surface area (Å²) in [6.07, 6.45) is 1.51. The lowest BCUT2D eigenvalue weighted by atomic mass is 10.0. The van der Waals surface area contributed by atoms with Crippen molar-refractivity contribution in [1.29, 1.82) is 0 Å². The fourth-order valence-electron chi connectivity index (χ4n) is 1.78. The van der Waals surface area contributed by atoms with E-state index in [1.807, 2.05) is 0 Å². The van der Waals surface area contributed by atoms with Crippen molar-refractivity contribution in [3.63, 3.8) is 0 Å². The lowest BCUT2D eigenvalue weighted by molar-refractivity contribution is 0.0151. The number of carbonyl (C=O) groups excluding carboxylic acids is 1. The van der Waals surface area contributed by atoms with Crippen molar-refractivity contribution in [2.45, 2.75) is 22.3 Å². The molecule has 0 saturated carbocycles. The van der Waals surface area contributed by atoms with E-state index < -0.39 is 28.5 Å². The summed E-state index contributed by atoms with van der Waals surface area (Å²) in [5, 5.41) is -2.82. The second kappa shape index (κ2) is 1.97. The van der Waals surface area contributed by atoms with Crippen LogP contribution in [0.5, 0.6) is 0 Å². The number of rotatable bonds is 0. The van der Waals surface area contributed by atoms with Gasteiger partial charge in [-0.2, -0.15) is 0 Å². The molecule has 0 aromatic heterocycles. The van der Waals surface area contributed by atoms with Crippen LogP contribution in [0.15, 0.2) is 12.2 Å². The van der Waals surface area contributed by atoms with Crippen LogP contribution < -0.4 is 0 Å². The van der Waals surface area contributed by atoms with Gasteiger partial charge in [-0.25, -0.2) is 4.79 Å². The SMILES string of the molecule is O=C1O[C@@]2(Cl)[C@@H]3C=C[C@@H](O3)[C@]2(Cl)O1. The number of ether oxygens (including phenoxy) is 3. The van der Waals surface area contributed by atoms with Gasteiger partial charge in [-0.05, 0) is 0 Å². The van der Waals surface area contributed by atoms with Crippen LogP contribution in [0.25, 0.3) is 0 Å². The largest absolute Gasteiger partial charge is 0.512 e. The highest BCUT2D eigenvalue weighted by atomic mass is 35.5. The van der Waals surface area contributed by atoms with E-state index >= 15 is 0 Å². The van der Waals surface area contributed by atoms with Crippen molar-refractivity contribution in [3.05, 3.63) is 12.2 Å². The van der Waals surface area contributed by atoms with E-state index in [-0.39, 0.29) is 0 Å². The molecule has 3 heterocycles. The third kappa shape index (κ3) is 0.673. The van der Waals surface area contributed by atoms with Crippen LogP contribution in [0.1, 0.15) is 0 Å². The minimum Gasteiger partial charge on any atom is -0.402 e. The van der Waals surface area contributed by atoms with E-state index in [1.165, 1.54) is 0 Å². The van der Waals surface area contributed by atoms with Crippen LogP contribution >= 0.6 is 23.2 Å². The van der Waals surface area contributed by atoms with E-state index in [2.05, 4.69) is 0 Å². The summed E-state index contributed by atoms with van der Waals surface area (Å²) in [5.41, 5.74) is 0. The standard InChI is InChI=1S/C7H4Cl2O4/c8-6-3-1-2-4(11-3)7(6,9)13-5(10)12-6/h1-4H/t3-,4+,6-,7-/m0/s1. The van der Waals surface area contributed by atoms with Crippen molar-refractivity contribution in [1.82, 2.24) is 0 Å². The van der Waals surface area contributed by atoms with Gasteiger partial charge in [0.15, 0.2) is 0 Å². The van der Waals surface area contributed by atoms with E-state index in [1.54, 1.807) is 12.2 Å². The molecular formula is C7H4Cl2O4. The Bertz CT molecular complexity index is 302. The average molecular weight is 223 g/mol. The highest BCUT2D eigenvalue weighted by Gasteiger charge is 2.76. The van der Waals surface area contributed by atoms with E-state index in [4.69, 9.17) is 37.4 Å². The molecule has 0 aromatic carbocycles. The molecule has 4 nitrogen and oxygen atoms in total. The Morgan fingerprint density at radius 3 is 2.08 bits per heavy atom. The Balaban J connectivity index is 2.15. The van der Waals surface area contributed by atoms with Crippen LogP contribution in [0.3, 0.4) is 0 Å². The maximum atomic E-state index is 10.9. The molecule has 3 rings (SSSR count). The summed E-state index contributed by atoms with van der Waals surface area (Å²) in [7, 11) is 0. The zero-order valence-corrected chi connectivity index (χ0v) is 7.71. The molecule has 13 heavy (non-hydrogen) atoms. The minimum atomic E-state index is -1.41. The molecule has 4 atom stereocenters. The van der Waals surface area contributed by atoms with Gasteiger partial charge in [0.2, 0.25) is 0 Å². The molecule has 0 aliphatic carbocycles. The van der Waals surface area contributed by atoms with Crippen LogP contribution in [-0.2, 0) is 14.2 Å². The van der Waals surface area contributed by atoms with E-state index in [0.29, 0.717) is 0 Å². The number of hydrogen-bond acceptors (Lipinski definition) is 4. The molecule has 3 aliphatic rings. The Morgan fingerprint density at radius 2 is 1.62 bits per heavy atom. The molecule has 0 unspecified atom stereocenters. The summed E-state index contributed by atoms with van der Waals surface area (Å²) in [4.78, 5) is 10.9. The molecule has 0 N–H and O–H groups in total. The fourth-order valence-corrected chi connectivity index (χ4v) is 2.45. The smallest absolute Gasteiger partial charge is 0.402 e. The Morgan fingerprint density at radius 1 is 1.15 bits per heavy atom. The molecule has 2 bridgehead atoms. The summed E-state index contributed by atoms with van der Waals surface area (Å²) in [5.74, 6) is 0. The molecular weight excluding hydrogens is 219 g/mol. The maximum Gasteiger partial charge on any atom is 0.512 e. The van der Waals surface area contributed by atoms with Gasteiger partial charge >= 0.3 is 6.16 Å². The lowest BCUT2D eigenvalue weighted by Crippen LogP contribution is -2.49. The first-order valence-corrected chi connectivity index (χ1v) is 4.45. The second-order valence-corrected chi connectivity index (χ2v) is 4.23. The molecule has 0 spiro atoms. The van der Waals surface area contributed by atoms with Gasteiger partial charge < -0.3 is 14.2 Å². The number of halogens is 2. The molecule has 6 heteroatoms. The van der Waals surface area contributed by atoms with Gasteiger partial charge in [-0.3, -0.25) is 0 Å². The number of hydrogen-bond donors (Lipinski definition) is 0. The first-order valence-electron chi connectivity index (χ1n) is 3.70. The third-order valence-electron chi connectivity index (χ3n) is 2.41. The Kier molecular flexibility index (Phi) is 1.20. The summed E-state index contributed by atoms with van der Waals surface area (Å²) < 4.78 is 14.9. The van der Waals surface area contributed by atoms with Gasteiger partial charge in [-0.1, -0.05) is 35.4 Å². The van der Waals surface area contributed by atoms with Crippen LogP contribution in [0.2, 0.25) is 0 Å². The second-order valence-electron chi connectivity index (χ2n) is 3.11. The van der Waals surface area contributed by atoms with Gasteiger partial charge in [0.1, 0.15) is 12.2 Å². The predicted molar refractivity (Wildman–Crippen MR) is 42.5 cm³/mol. The minimum absolute atomic E-state index is 0.525. The first-order chi connectivity index (χ1) is 6.06. The monoisotopic (exact) mass is 222 g/mol. The van der Waals surface area contributed by atoms with Crippen LogP contribution in [-0.4, -0.2) is 28.5 Å². The fraction of sp³-hybridized carbons (Fsp3) is 0.571. The lowest BCUT2D eigenvalue weighted by Gasteiger charge is -2.28. The summed E-state index contributed by atoms with van der Waals surface area (Å²) >= 11 is 12.0. The average Bonchev–Trinajstić information content (AvgIpc) is 2.59. The van der Waals surface area contributed by atoms with Gasteiger partial charge in [-0.15, -0.1) is 0 Å². The quantitative estimate of drug-likeness (QED) is 0.353. The summed E-state index contributed by atoms with van der Waals surface area (Å²) in [6, 6.07) is 0. The van der Waals surface area contributed by atoms with Gasteiger partial charge in [0, 0.05) is 0 Å². The van der Waals surface area contributed by atoms with E-state index in [9.17, 15) is 4.79 Å². The maximum absolute atomic E-state index is 10.9. The first kappa shape index (κ1) is 7.91. The topological polar surface area (TPSA) is 44.8 Å². The van der Waals surface area contributed by atoms with Crippen LogP contribution in [0.4, 0.5) is 4.79 Å². The predicted octanol–water partition coefficient (Wildman–Crippen LogP) is 1.36. The zero-order valence-electron chi connectivity index (χ0n) is 6.20. The highest BCUT2D eigenvalue weighted by Crippen LogP contribution is 2.57.